The van der Waals surface area contributed by atoms with Crippen LogP contribution in [0.25, 0.3) is 0 Å². The lowest BCUT2D eigenvalue weighted by Crippen LogP contribution is -2.50. The number of benzene rings is 1. The minimum atomic E-state index is -1.23. The SMILES string of the molecule is O=C(O)C1(C(=O)NCc2ccc(Br)cc2N2CCOCC2)CCC1. The Kier molecular flexibility index (Phi) is 5.10. The molecule has 0 radical (unpaired) electrons. The molecule has 2 fully saturated rings. The maximum atomic E-state index is 12.4. The van der Waals surface area contributed by atoms with Gasteiger partial charge in [0.1, 0.15) is 5.41 Å². The Balaban J connectivity index is 1.73. The van der Waals surface area contributed by atoms with Crippen LogP contribution in [0, 0.1) is 5.41 Å². The van der Waals surface area contributed by atoms with Crippen LogP contribution < -0.4 is 10.2 Å². The van der Waals surface area contributed by atoms with Gasteiger partial charge in [0.15, 0.2) is 0 Å². The van der Waals surface area contributed by atoms with Crippen LogP contribution in [-0.2, 0) is 20.9 Å². The molecule has 1 aromatic carbocycles. The van der Waals surface area contributed by atoms with Crippen LogP contribution in [0.1, 0.15) is 24.8 Å². The fraction of sp³-hybridized carbons (Fsp3) is 0.529. The van der Waals surface area contributed by atoms with Crippen LogP contribution >= 0.6 is 15.9 Å². The molecule has 1 aliphatic heterocycles. The molecule has 1 amide bonds. The quantitative estimate of drug-likeness (QED) is 0.745. The zero-order chi connectivity index (χ0) is 17.2. The van der Waals surface area contributed by atoms with Gasteiger partial charge in [-0.25, -0.2) is 0 Å². The summed E-state index contributed by atoms with van der Waals surface area (Å²) in [6, 6.07) is 5.92. The molecule has 0 atom stereocenters. The molecular formula is C17H21BrN2O4. The molecule has 0 unspecified atom stereocenters. The highest BCUT2D eigenvalue weighted by atomic mass is 79.9. The van der Waals surface area contributed by atoms with Gasteiger partial charge in [-0.3, -0.25) is 9.59 Å². The van der Waals surface area contributed by atoms with E-state index < -0.39 is 11.4 Å². The topological polar surface area (TPSA) is 78.9 Å². The van der Waals surface area contributed by atoms with E-state index in [1.54, 1.807) is 0 Å². The summed E-state index contributed by atoms with van der Waals surface area (Å²) in [5.74, 6) is -1.40. The molecule has 24 heavy (non-hydrogen) atoms. The molecule has 1 saturated heterocycles. The molecule has 1 saturated carbocycles. The second-order valence-electron chi connectivity index (χ2n) is 6.30. The van der Waals surface area contributed by atoms with Crippen LogP contribution in [0.15, 0.2) is 22.7 Å². The Morgan fingerprint density at radius 3 is 2.58 bits per heavy atom. The average Bonchev–Trinajstić information content (AvgIpc) is 2.53. The van der Waals surface area contributed by atoms with Gasteiger partial charge in [-0.2, -0.15) is 0 Å². The first kappa shape index (κ1) is 17.2. The number of carboxylic acids is 1. The van der Waals surface area contributed by atoms with Gasteiger partial charge >= 0.3 is 5.97 Å². The highest BCUT2D eigenvalue weighted by Crippen LogP contribution is 2.41. The highest BCUT2D eigenvalue weighted by Gasteiger charge is 2.51. The fourth-order valence-electron chi connectivity index (χ4n) is 3.20. The first-order valence-electron chi connectivity index (χ1n) is 8.16. The van der Waals surface area contributed by atoms with Crippen molar-refractivity contribution >= 4 is 33.5 Å². The Labute approximate surface area is 149 Å². The number of carboxylic acid groups (broad SMARTS) is 1. The molecular weight excluding hydrogens is 376 g/mol. The smallest absolute Gasteiger partial charge is 0.319 e. The Morgan fingerprint density at radius 2 is 2.00 bits per heavy atom. The number of rotatable bonds is 5. The number of hydrogen-bond acceptors (Lipinski definition) is 4. The molecule has 0 aromatic heterocycles. The Bertz CT molecular complexity index is 639. The van der Waals surface area contributed by atoms with Gasteiger partial charge in [-0.15, -0.1) is 0 Å². The minimum Gasteiger partial charge on any atom is -0.480 e. The number of morpholine rings is 1. The third-order valence-corrected chi connectivity index (χ3v) is 5.38. The number of anilines is 1. The molecule has 1 aliphatic carbocycles. The lowest BCUT2D eigenvalue weighted by Gasteiger charge is -2.36. The van der Waals surface area contributed by atoms with Crippen molar-refractivity contribution in [1.29, 1.82) is 0 Å². The zero-order valence-electron chi connectivity index (χ0n) is 13.4. The molecule has 0 bridgehead atoms. The number of carbonyl (C=O) groups is 2. The van der Waals surface area contributed by atoms with Crippen molar-refractivity contribution in [1.82, 2.24) is 5.32 Å². The summed E-state index contributed by atoms with van der Waals surface area (Å²) >= 11 is 3.49. The number of amides is 1. The van der Waals surface area contributed by atoms with Crippen LogP contribution in [0.5, 0.6) is 0 Å². The number of nitrogens with one attached hydrogen (secondary N) is 1. The van der Waals surface area contributed by atoms with E-state index in [2.05, 4.69) is 26.1 Å². The molecule has 2 aliphatic rings. The van der Waals surface area contributed by atoms with Crippen LogP contribution in [-0.4, -0.2) is 43.3 Å². The number of hydrogen-bond donors (Lipinski definition) is 2. The van der Waals surface area contributed by atoms with Gasteiger partial charge in [0, 0.05) is 29.8 Å². The summed E-state index contributed by atoms with van der Waals surface area (Å²) in [6.07, 6.45) is 1.63. The number of carbonyl (C=O) groups excluding carboxylic acids is 1. The van der Waals surface area contributed by atoms with E-state index in [0.29, 0.717) is 32.6 Å². The summed E-state index contributed by atoms with van der Waals surface area (Å²) < 4.78 is 6.37. The Hall–Kier alpha value is -1.60. The number of aliphatic carboxylic acids is 1. The fourth-order valence-corrected chi connectivity index (χ4v) is 3.55. The van der Waals surface area contributed by atoms with Gasteiger partial charge in [-0.1, -0.05) is 28.4 Å². The maximum absolute atomic E-state index is 12.4. The van der Waals surface area contributed by atoms with Gasteiger partial charge in [-0.05, 0) is 30.5 Å². The molecule has 0 spiro atoms. The van der Waals surface area contributed by atoms with E-state index >= 15 is 0 Å². The predicted octanol–water partition coefficient (Wildman–Crippen LogP) is 2.16. The zero-order valence-corrected chi connectivity index (χ0v) is 15.0. The van der Waals surface area contributed by atoms with E-state index in [1.807, 2.05) is 18.2 Å². The summed E-state index contributed by atoms with van der Waals surface area (Å²) in [5, 5.41) is 12.2. The lowest BCUT2D eigenvalue weighted by atomic mass is 9.68. The second-order valence-corrected chi connectivity index (χ2v) is 7.21. The standard InChI is InChI=1S/C17H21BrN2O4/c18-13-3-2-12(14(10-13)20-6-8-24-9-7-20)11-19-15(21)17(16(22)23)4-1-5-17/h2-3,10H,1,4-9,11H2,(H,19,21)(H,22,23). The normalized spacial score (nSPS) is 19.5. The van der Waals surface area contributed by atoms with Crippen LogP contribution in [0.4, 0.5) is 5.69 Å². The minimum absolute atomic E-state index is 0.327. The average molecular weight is 397 g/mol. The molecule has 1 heterocycles. The number of nitrogens with zero attached hydrogens (tertiary/aromatic N) is 1. The van der Waals surface area contributed by atoms with Crippen LogP contribution in [0.2, 0.25) is 0 Å². The van der Waals surface area contributed by atoms with E-state index in [4.69, 9.17) is 4.74 Å². The Morgan fingerprint density at radius 1 is 1.29 bits per heavy atom. The summed E-state index contributed by atoms with van der Waals surface area (Å²) in [4.78, 5) is 26.0. The summed E-state index contributed by atoms with van der Waals surface area (Å²) in [7, 11) is 0. The predicted molar refractivity (Wildman–Crippen MR) is 92.9 cm³/mol. The maximum Gasteiger partial charge on any atom is 0.319 e. The van der Waals surface area contributed by atoms with E-state index in [1.165, 1.54) is 0 Å². The van der Waals surface area contributed by atoms with Gasteiger partial charge in [0.2, 0.25) is 5.91 Å². The van der Waals surface area contributed by atoms with Crippen molar-refractivity contribution in [2.75, 3.05) is 31.2 Å². The van der Waals surface area contributed by atoms with Gasteiger partial charge in [0.05, 0.1) is 13.2 Å². The van der Waals surface area contributed by atoms with Crippen molar-refractivity contribution in [3.05, 3.63) is 28.2 Å². The van der Waals surface area contributed by atoms with Crippen molar-refractivity contribution < 1.29 is 19.4 Å². The van der Waals surface area contributed by atoms with E-state index in [-0.39, 0.29) is 5.91 Å². The molecule has 3 rings (SSSR count). The molecule has 2 N–H and O–H groups in total. The highest BCUT2D eigenvalue weighted by molar-refractivity contribution is 9.10. The summed E-state index contributed by atoms with van der Waals surface area (Å²) in [5.41, 5.74) is 0.799. The van der Waals surface area contributed by atoms with Crippen LogP contribution in [0.3, 0.4) is 0 Å². The largest absolute Gasteiger partial charge is 0.480 e. The summed E-state index contributed by atoms with van der Waals surface area (Å²) in [6.45, 7) is 3.29. The molecule has 130 valence electrons. The molecule has 7 heteroatoms. The van der Waals surface area contributed by atoms with Gasteiger partial charge < -0.3 is 20.1 Å². The van der Waals surface area contributed by atoms with E-state index in [9.17, 15) is 14.7 Å². The van der Waals surface area contributed by atoms with Crippen molar-refractivity contribution in [2.24, 2.45) is 5.41 Å². The number of halogens is 1. The van der Waals surface area contributed by atoms with Crippen molar-refractivity contribution in [2.45, 2.75) is 25.8 Å². The monoisotopic (exact) mass is 396 g/mol. The molecule has 6 nitrogen and oxygen atoms in total. The lowest BCUT2D eigenvalue weighted by molar-refractivity contribution is -0.162. The second kappa shape index (κ2) is 7.11. The number of ether oxygens (including phenoxy) is 1. The van der Waals surface area contributed by atoms with E-state index in [0.717, 1.165) is 35.2 Å². The third kappa shape index (κ3) is 3.28. The van der Waals surface area contributed by atoms with Gasteiger partial charge in [0.25, 0.3) is 0 Å². The first-order chi connectivity index (χ1) is 11.5. The molecule has 1 aromatic rings. The van der Waals surface area contributed by atoms with Crippen molar-refractivity contribution in [3.63, 3.8) is 0 Å². The van der Waals surface area contributed by atoms with Crippen molar-refractivity contribution in [3.8, 4) is 0 Å². The third-order valence-electron chi connectivity index (χ3n) is 4.89. The first-order valence-corrected chi connectivity index (χ1v) is 8.95.